The Hall–Kier alpha value is -1.34. The zero-order valence-corrected chi connectivity index (χ0v) is 12.9. The molecule has 5 nitrogen and oxygen atoms in total. The van der Waals surface area contributed by atoms with Crippen molar-refractivity contribution in [3.8, 4) is 0 Å². The van der Waals surface area contributed by atoms with E-state index in [0.29, 0.717) is 0 Å². The first-order valence-electron chi connectivity index (χ1n) is 6.02. The van der Waals surface area contributed by atoms with Gasteiger partial charge in [-0.1, -0.05) is 29.2 Å². The van der Waals surface area contributed by atoms with Gasteiger partial charge in [0.05, 0.1) is 5.69 Å². The summed E-state index contributed by atoms with van der Waals surface area (Å²) in [7, 11) is 3.94. The van der Waals surface area contributed by atoms with Crippen LogP contribution in [0.2, 0.25) is 0 Å². The van der Waals surface area contributed by atoms with Gasteiger partial charge in [0.1, 0.15) is 5.82 Å². The van der Waals surface area contributed by atoms with Crippen LogP contribution in [0, 0.1) is 0 Å². The van der Waals surface area contributed by atoms with Gasteiger partial charge in [0.2, 0.25) is 5.13 Å². The van der Waals surface area contributed by atoms with Crippen LogP contribution in [-0.4, -0.2) is 35.8 Å². The van der Waals surface area contributed by atoms with Crippen molar-refractivity contribution in [2.45, 2.75) is 17.0 Å². The Morgan fingerprint density at radius 2 is 2.16 bits per heavy atom. The highest BCUT2D eigenvalue weighted by atomic mass is 32.2. The van der Waals surface area contributed by atoms with Gasteiger partial charge in [-0.2, -0.15) is 0 Å². The van der Waals surface area contributed by atoms with E-state index >= 15 is 0 Å². The quantitative estimate of drug-likeness (QED) is 0.827. The van der Waals surface area contributed by atoms with Crippen molar-refractivity contribution in [3.05, 3.63) is 23.9 Å². The van der Waals surface area contributed by atoms with Gasteiger partial charge in [-0.15, -0.1) is 10.2 Å². The lowest BCUT2D eigenvalue weighted by molar-refractivity contribution is 0.972. The summed E-state index contributed by atoms with van der Waals surface area (Å²) in [5, 5.41) is 12.4. The summed E-state index contributed by atoms with van der Waals surface area (Å²) in [6.07, 6.45) is 0. The lowest BCUT2D eigenvalue weighted by Gasteiger charge is -2.04. The maximum absolute atomic E-state index is 4.53. The van der Waals surface area contributed by atoms with Crippen LogP contribution in [0.15, 0.2) is 22.5 Å². The maximum atomic E-state index is 4.53. The molecule has 0 aliphatic carbocycles. The van der Waals surface area contributed by atoms with E-state index in [-0.39, 0.29) is 0 Å². The topological polar surface area (TPSA) is 53.9 Å². The third-order valence-corrected chi connectivity index (χ3v) is 4.54. The van der Waals surface area contributed by atoms with Crippen LogP contribution in [0.3, 0.4) is 0 Å². The molecular weight excluding hydrogens is 278 g/mol. The predicted octanol–water partition coefficient (Wildman–Crippen LogP) is 2.72. The predicted molar refractivity (Wildman–Crippen MR) is 82.2 cm³/mol. The number of nitrogens with zero attached hydrogens (tertiary/aromatic N) is 4. The van der Waals surface area contributed by atoms with E-state index in [1.54, 1.807) is 23.1 Å². The van der Waals surface area contributed by atoms with Crippen molar-refractivity contribution < 1.29 is 0 Å². The number of hydrogen-bond donors (Lipinski definition) is 1. The molecule has 1 N–H and O–H groups in total. The van der Waals surface area contributed by atoms with E-state index in [0.717, 1.165) is 33.3 Å². The van der Waals surface area contributed by atoms with Crippen LogP contribution in [0.4, 0.5) is 10.9 Å². The van der Waals surface area contributed by atoms with Crippen LogP contribution < -0.4 is 10.2 Å². The number of hydrogen-bond acceptors (Lipinski definition) is 7. The second kappa shape index (κ2) is 6.72. The fraction of sp³-hybridized carbons (Fsp3) is 0.417. The molecule has 0 spiro atoms. The van der Waals surface area contributed by atoms with Crippen molar-refractivity contribution in [2.24, 2.45) is 0 Å². The average molecular weight is 295 g/mol. The second-order valence-electron chi connectivity index (χ2n) is 4.08. The van der Waals surface area contributed by atoms with Crippen molar-refractivity contribution in [1.29, 1.82) is 0 Å². The van der Waals surface area contributed by atoms with Crippen molar-refractivity contribution in [2.75, 3.05) is 30.9 Å². The molecule has 0 bridgehead atoms. The molecule has 2 aromatic rings. The fourth-order valence-electron chi connectivity index (χ4n) is 1.42. The minimum absolute atomic E-state index is 0.807. The Morgan fingerprint density at radius 3 is 2.84 bits per heavy atom. The standard InChI is InChI=1S/C12H17N5S2/c1-4-13-10-7-5-6-9(14-10)8-18-12-16-15-11(19-12)17(2)3/h5-7H,4,8H2,1-3H3,(H,13,14). The molecule has 0 aliphatic heterocycles. The molecule has 0 saturated heterocycles. The van der Waals surface area contributed by atoms with E-state index in [9.17, 15) is 0 Å². The molecule has 2 heterocycles. The van der Waals surface area contributed by atoms with Gasteiger partial charge in [-0.05, 0) is 19.1 Å². The van der Waals surface area contributed by atoms with Gasteiger partial charge in [-0.3, -0.25) is 0 Å². The minimum Gasteiger partial charge on any atom is -0.370 e. The van der Waals surface area contributed by atoms with Crippen molar-refractivity contribution in [1.82, 2.24) is 15.2 Å². The van der Waals surface area contributed by atoms with Gasteiger partial charge < -0.3 is 10.2 Å². The highest BCUT2D eigenvalue weighted by Crippen LogP contribution is 2.29. The van der Waals surface area contributed by atoms with Crippen LogP contribution >= 0.6 is 23.1 Å². The Morgan fingerprint density at radius 1 is 1.32 bits per heavy atom. The lowest BCUT2D eigenvalue weighted by Crippen LogP contribution is -2.07. The third-order valence-electron chi connectivity index (χ3n) is 2.29. The van der Waals surface area contributed by atoms with Crippen LogP contribution in [-0.2, 0) is 5.75 Å². The second-order valence-corrected chi connectivity index (χ2v) is 6.26. The summed E-state index contributed by atoms with van der Waals surface area (Å²) in [6, 6.07) is 6.03. The van der Waals surface area contributed by atoms with E-state index < -0.39 is 0 Å². The third kappa shape index (κ3) is 4.07. The summed E-state index contributed by atoms with van der Waals surface area (Å²) in [4.78, 5) is 6.50. The Bertz CT molecular complexity index is 526. The maximum Gasteiger partial charge on any atom is 0.208 e. The van der Waals surface area contributed by atoms with Gasteiger partial charge >= 0.3 is 0 Å². The van der Waals surface area contributed by atoms with Crippen LogP contribution in [0.25, 0.3) is 0 Å². The molecule has 0 amide bonds. The molecule has 0 aliphatic rings. The Labute approximate surface area is 121 Å². The van der Waals surface area contributed by atoms with Gasteiger partial charge in [0.25, 0.3) is 0 Å². The number of anilines is 2. The van der Waals surface area contributed by atoms with Gasteiger partial charge in [0, 0.05) is 26.4 Å². The monoisotopic (exact) mass is 295 g/mol. The van der Waals surface area contributed by atoms with E-state index in [4.69, 9.17) is 0 Å². The lowest BCUT2D eigenvalue weighted by atomic mass is 10.4. The molecule has 7 heteroatoms. The fourth-order valence-corrected chi connectivity index (χ4v) is 3.09. The number of nitrogens with one attached hydrogen (secondary N) is 1. The van der Waals surface area contributed by atoms with Crippen molar-refractivity contribution in [3.63, 3.8) is 0 Å². The van der Waals surface area contributed by atoms with E-state index in [2.05, 4.69) is 27.4 Å². The summed E-state index contributed by atoms with van der Waals surface area (Å²) in [5.74, 6) is 1.73. The smallest absolute Gasteiger partial charge is 0.208 e. The molecule has 102 valence electrons. The summed E-state index contributed by atoms with van der Waals surface area (Å²) in [6.45, 7) is 2.94. The Kier molecular flexibility index (Phi) is 4.98. The first kappa shape index (κ1) is 14.1. The molecule has 0 unspecified atom stereocenters. The zero-order valence-electron chi connectivity index (χ0n) is 11.3. The largest absolute Gasteiger partial charge is 0.370 e. The van der Waals surface area contributed by atoms with Crippen molar-refractivity contribution >= 4 is 34.0 Å². The number of rotatable bonds is 6. The van der Waals surface area contributed by atoms with E-state index in [1.807, 2.05) is 37.2 Å². The first-order chi connectivity index (χ1) is 9.19. The Balaban J connectivity index is 1.95. The van der Waals surface area contributed by atoms with Crippen LogP contribution in [0.1, 0.15) is 12.6 Å². The van der Waals surface area contributed by atoms with Gasteiger partial charge in [0.15, 0.2) is 4.34 Å². The molecule has 2 aromatic heterocycles. The molecule has 0 fully saturated rings. The van der Waals surface area contributed by atoms with Gasteiger partial charge in [-0.25, -0.2) is 4.98 Å². The summed E-state index contributed by atoms with van der Waals surface area (Å²) in [5.41, 5.74) is 1.05. The van der Waals surface area contributed by atoms with E-state index in [1.165, 1.54) is 0 Å². The average Bonchev–Trinajstić information content (AvgIpc) is 2.86. The zero-order chi connectivity index (χ0) is 13.7. The highest BCUT2D eigenvalue weighted by Gasteiger charge is 2.07. The number of pyridine rings is 1. The molecule has 0 atom stereocenters. The molecule has 0 saturated carbocycles. The SMILES string of the molecule is CCNc1cccc(CSc2nnc(N(C)C)s2)n1. The molecule has 0 radical (unpaired) electrons. The molecule has 0 aromatic carbocycles. The summed E-state index contributed by atoms with van der Waals surface area (Å²) < 4.78 is 0.972. The minimum atomic E-state index is 0.807. The highest BCUT2D eigenvalue weighted by molar-refractivity contribution is 8.00. The number of aromatic nitrogens is 3. The number of thioether (sulfide) groups is 1. The molecule has 2 rings (SSSR count). The molecule has 19 heavy (non-hydrogen) atoms. The molecular formula is C12H17N5S2. The normalized spacial score (nSPS) is 10.5. The van der Waals surface area contributed by atoms with Crippen LogP contribution in [0.5, 0.6) is 0 Å². The summed E-state index contributed by atoms with van der Waals surface area (Å²) >= 11 is 3.26. The first-order valence-corrected chi connectivity index (χ1v) is 7.82.